The maximum Gasteiger partial charge on any atom is 0.119 e. The fourth-order valence-corrected chi connectivity index (χ4v) is 2.34. The van der Waals surface area contributed by atoms with E-state index in [1.165, 1.54) is 5.56 Å². The molecule has 2 nitrogen and oxygen atoms in total. The van der Waals surface area contributed by atoms with Crippen LogP contribution in [0, 0.1) is 0 Å². The smallest absolute Gasteiger partial charge is 0.119 e. The first-order valence-electron chi connectivity index (χ1n) is 7.16. The highest BCUT2D eigenvalue weighted by Gasteiger charge is 2.13. The maximum absolute atomic E-state index is 10.3. The third-order valence-corrected chi connectivity index (χ3v) is 3.52. The Morgan fingerprint density at radius 1 is 0.950 bits per heavy atom. The summed E-state index contributed by atoms with van der Waals surface area (Å²) in [5.74, 6) is 1.18. The van der Waals surface area contributed by atoms with E-state index in [4.69, 9.17) is 4.74 Å². The van der Waals surface area contributed by atoms with E-state index in [2.05, 4.69) is 19.1 Å². The van der Waals surface area contributed by atoms with Crippen LogP contribution in [0.3, 0.4) is 0 Å². The molecule has 106 valence electrons. The van der Waals surface area contributed by atoms with Gasteiger partial charge in [-0.05, 0) is 42.5 Å². The molecule has 0 aliphatic carbocycles. The topological polar surface area (TPSA) is 29.5 Å². The van der Waals surface area contributed by atoms with Crippen LogP contribution >= 0.6 is 0 Å². The molecule has 0 saturated heterocycles. The van der Waals surface area contributed by atoms with E-state index in [-0.39, 0.29) is 0 Å². The minimum Gasteiger partial charge on any atom is -0.494 e. The highest BCUT2D eigenvalue weighted by atomic mass is 16.5. The third-order valence-electron chi connectivity index (χ3n) is 3.52. The average molecular weight is 270 g/mol. The standard InChI is InChI=1S/C18H22O2/c1-3-20-17-11-9-16(10-12-17)18(19)13-14(2)15-7-5-4-6-8-15/h4-12,14,18-19H,3,13H2,1-2H3. The van der Waals surface area contributed by atoms with Gasteiger partial charge in [-0.3, -0.25) is 0 Å². The minimum atomic E-state index is -0.444. The fourth-order valence-electron chi connectivity index (χ4n) is 2.34. The van der Waals surface area contributed by atoms with Gasteiger partial charge in [-0.25, -0.2) is 0 Å². The summed E-state index contributed by atoms with van der Waals surface area (Å²) in [6.45, 7) is 4.77. The average Bonchev–Trinajstić information content (AvgIpc) is 2.49. The zero-order chi connectivity index (χ0) is 14.4. The van der Waals surface area contributed by atoms with E-state index in [0.717, 1.165) is 17.7 Å². The second-order valence-electron chi connectivity index (χ2n) is 5.07. The SMILES string of the molecule is CCOc1ccc(C(O)CC(C)c2ccccc2)cc1. The molecule has 2 atom stereocenters. The van der Waals surface area contributed by atoms with Crippen LogP contribution in [0.1, 0.15) is 43.4 Å². The van der Waals surface area contributed by atoms with Crippen molar-refractivity contribution in [2.45, 2.75) is 32.3 Å². The van der Waals surface area contributed by atoms with Crippen LogP contribution in [0.25, 0.3) is 0 Å². The van der Waals surface area contributed by atoms with Crippen LogP contribution in [-0.2, 0) is 0 Å². The first-order valence-corrected chi connectivity index (χ1v) is 7.16. The Morgan fingerprint density at radius 2 is 1.60 bits per heavy atom. The molecule has 20 heavy (non-hydrogen) atoms. The summed E-state index contributed by atoms with van der Waals surface area (Å²) in [4.78, 5) is 0. The van der Waals surface area contributed by atoms with Gasteiger partial charge >= 0.3 is 0 Å². The minimum absolute atomic E-state index is 0.331. The van der Waals surface area contributed by atoms with Crippen LogP contribution < -0.4 is 4.74 Å². The zero-order valence-corrected chi connectivity index (χ0v) is 12.1. The Labute approximate surface area is 121 Å². The number of aliphatic hydroxyl groups excluding tert-OH is 1. The van der Waals surface area contributed by atoms with E-state index in [0.29, 0.717) is 12.5 Å². The summed E-state index contributed by atoms with van der Waals surface area (Å²) in [7, 11) is 0. The van der Waals surface area contributed by atoms with E-state index in [1.807, 2.05) is 49.4 Å². The lowest BCUT2D eigenvalue weighted by Gasteiger charge is -2.17. The van der Waals surface area contributed by atoms with Crippen molar-refractivity contribution in [2.24, 2.45) is 0 Å². The van der Waals surface area contributed by atoms with Gasteiger partial charge < -0.3 is 9.84 Å². The molecule has 0 radical (unpaired) electrons. The molecule has 0 spiro atoms. The highest BCUT2D eigenvalue weighted by Crippen LogP contribution is 2.28. The molecule has 0 bridgehead atoms. The first-order chi connectivity index (χ1) is 9.70. The fraction of sp³-hybridized carbons (Fsp3) is 0.333. The van der Waals surface area contributed by atoms with Gasteiger partial charge in [0, 0.05) is 0 Å². The second kappa shape index (κ2) is 7.11. The Morgan fingerprint density at radius 3 is 2.20 bits per heavy atom. The zero-order valence-electron chi connectivity index (χ0n) is 12.1. The van der Waals surface area contributed by atoms with E-state index in [9.17, 15) is 5.11 Å². The number of benzene rings is 2. The second-order valence-corrected chi connectivity index (χ2v) is 5.07. The predicted octanol–water partition coefficient (Wildman–Crippen LogP) is 4.31. The van der Waals surface area contributed by atoms with Crippen LogP contribution in [0.5, 0.6) is 5.75 Å². The Hall–Kier alpha value is -1.80. The van der Waals surface area contributed by atoms with Crippen molar-refractivity contribution >= 4 is 0 Å². The van der Waals surface area contributed by atoms with Crippen molar-refractivity contribution < 1.29 is 9.84 Å². The van der Waals surface area contributed by atoms with Crippen LogP contribution in [0.4, 0.5) is 0 Å². The summed E-state index contributed by atoms with van der Waals surface area (Å²) < 4.78 is 5.41. The summed E-state index contributed by atoms with van der Waals surface area (Å²) in [5, 5.41) is 10.3. The number of ether oxygens (including phenoxy) is 1. The van der Waals surface area contributed by atoms with Crippen LogP contribution in [0.2, 0.25) is 0 Å². The molecule has 2 unspecified atom stereocenters. The Kier molecular flexibility index (Phi) is 5.19. The summed E-state index contributed by atoms with van der Waals surface area (Å²) in [6, 6.07) is 18.0. The quantitative estimate of drug-likeness (QED) is 0.847. The Bertz CT molecular complexity index is 505. The number of aliphatic hydroxyl groups is 1. The lowest BCUT2D eigenvalue weighted by molar-refractivity contribution is 0.159. The van der Waals surface area contributed by atoms with Crippen molar-refractivity contribution in [3.8, 4) is 5.75 Å². The molecule has 1 N–H and O–H groups in total. The van der Waals surface area contributed by atoms with Gasteiger partial charge in [0.1, 0.15) is 5.75 Å². The van der Waals surface area contributed by atoms with Crippen LogP contribution in [-0.4, -0.2) is 11.7 Å². The number of hydrogen-bond donors (Lipinski definition) is 1. The molecule has 2 heteroatoms. The molecular weight excluding hydrogens is 248 g/mol. The molecule has 0 fully saturated rings. The number of hydrogen-bond acceptors (Lipinski definition) is 2. The van der Waals surface area contributed by atoms with Gasteiger partial charge in [0.15, 0.2) is 0 Å². The first kappa shape index (κ1) is 14.6. The largest absolute Gasteiger partial charge is 0.494 e. The molecule has 0 saturated carbocycles. The van der Waals surface area contributed by atoms with Gasteiger partial charge in [0.25, 0.3) is 0 Å². The molecule has 0 aliphatic rings. The molecule has 2 rings (SSSR count). The number of rotatable bonds is 6. The van der Waals surface area contributed by atoms with Crippen molar-refractivity contribution in [2.75, 3.05) is 6.61 Å². The van der Waals surface area contributed by atoms with Crippen molar-refractivity contribution in [1.82, 2.24) is 0 Å². The Balaban J connectivity index is 1.99. The molecule has 2 aromatic rings. The van der Waals surface area contributed by atoms with Gasteiger partial charge in [-0.1, -0.05) is 49.4 Å². The third kappa shape index (κ3) is 3.84. The normalized spacial score (nSPS) is 13.8. The molecule has 0 amide bonds. The lowest BCUT2D eigenvalue weighted by Crippen LogP contribution is -2.03. The van der Waals surface area contributed by atoms with Crippen molar-refractivity contribution in [3.05, 3.63) is 65.7 Å². The van der Waals surface area contributed by atoms with Gasteiger partial charge in [-0.2, -0.15) is 0 Å². The highest BCUT2D eigenvalue weighted by molar-refractivity contribution is 5.29. The molecule has 0 aliphatic heterocycles. The summed E-state index contributed by atoms with van der Waals surface area (Å²) in [5.41, 5.74) is 2.20. The van der Waals surface area contributed by atoms with Crippen molar-refractivity contribution in [3.63, 3.8) is 0 Å². The van der Waals surface area contributed by atoms with E-state index < -0.39 is 6.10 Å². The molecule has 0 heterocycles. The predicted molar refractivity (Wildman–Crippen MR) is 82.0 cm³/mol. The maximum atomic E-state index is 10.3. The summed E-state index contributed by atoms with van der Waals surface area (Å²) in [6.07, 6.45) is 0.277. The lowest BCUT2D eigenvalue weighted by atomic mass is 9.92. The summed E-state index contributed by atoms with van der Waals surface area (Å²) >= 11 is 0. The molecule has 0 aromatic heterocycles. The van der Waals surface area contributed by atoms with E-state index in [1.54, 1.807) is 0 Å². The van der Waals surface area contributed by atoms with Gasteiger partial charge in [0.05, 0.1) is 12.7 Å². The molecular formula is C18H22O2. The van der Waals surface area contributed by atoms with Crippen molar-refractivity contribution in [1.29, 1.82) is 0 Å². The van der Waals surface area contributed by atoms with Gasteiger partial charge in [-0.15, -0.1) is 0 Å². The van der Waals surface area contributed by atoms with Crippen LogP contribution in [0.15, 0.2) is 54.6 Å². The van der Waals surface area contributed by atoms with E-state index >= 15 is 0 Å². The monoisotopic (exact) mass is 270 g/mol. The molecule has 2 aromatic carbocycles. The van der Waals surface area contributed by atoms with Gasteiger partial charge in [0.2, 0.25) is 0 Å².